The summed E-state index contributed by atoms with van der Waals surface area (Å²) >= 11 is 0. The van der Waals surface area contributed by atoms with Crippen LogP contribution < -0.4 is 15.2 Å². The Bertz CT molecular complexity index is 341. The molecule has 2 atom stereocenters. The summed E-state index contributed by atoms with van der Waals surface area (Å²) in [6, 6.07) is 5.01. The number of ether oxygens (including phenoxy) is 2. The van der Waals surface area contributed by atoms with E-state index in [0.717, 1.165) is 5.56 Å². The third-order valence-electron chi connectivity index (χ3n) is 2.63. The van der Waals surface area contributed by atoms with E-state index in [9.17, 15) is 5.11 Å². The second kappa shape index (κ2) is 5.72. The molecule has 0 saturated carbocycles. The largest absolute Gasteiger partial charge is 0.493 e. The van der Waals surface area contributed by atoms with Crippen LogP contribution in [-0.2, 0) is 0 Å². The van der Waals surface area contributed by atoms with Crippen molar-refractivity contribution < 1.29 is 14.6 Å². The van der Waals surface area contributed by atoms with Gasteiger partial charge in [0, 0.05) is 5.56 Å². The smallest absolute Gasteiger partial charge is 0.165 e. The molecule has 0 bridgehead atoms. The fourth-order valence-electron chi connectivity index (χ4n) is 1.64. The molecule has 4 heteroatoms. The van der Waals surface area contributed by atoms with Gasteiger partial charge in [-0.1, -0.05) is 19.1 Å². The molecule has 1 aromatic carbocycles. The average Bonchev–Trinajstić information content (AvgIpc) is 2.35. The van der Waals surface area contributed by atoms with E-state index < -0.39 is 12.1 Å². The van der Waals surface area contributed by atoms with Gasteiger partial charge in [0.2, 0.25) is 0 Å². The molecule has 0 aromatic heterocycles. The summed E-state index contributed by atoms with van der Waals surface area (Å²) in [5.41, 5.74) is 6.72. The highest BCUT2D eigenvalue weighted by molar-refractivity contribution is 5.48. The summed E-state index contributed by atoms with van der Waals surface area (Å²) in [5, 5.41) is 9.74. The number of para-hydroxylation sites is 1. The molecule has 0 spiro atoms. The highest BCUT2D eigenvalue weighted by Gasteiger charge is 2.20. The Labute approximate surface area is 96.0 Å². The van der Waals surface area contributed by atoms with Crippen LogP contribution in [0.15, 0.2) is 18.2 Å². The van der Waals surface area contributed by atoms with Gasteiger partial charge in [-0.05, 0) is 12.5 Å². The van der Waals surface area contributed by atoms with E-state index in [4.69, 9.17) is 15.2 Å². The van der Waals surface area contributed by atoms with Crippen molar-refractivity contribution >= 4 is 0 Å². The third-order valence-corrected chi connectivity index (χ3v) is 2.63. The maximum absolute atomic E-state index is 9.74. The minimum atomic E-state index is -0.582. The van der Waals surface area contributed by atoms with Crippen LogP contribution in [0.5, 0.6) is 11.5 Å². The van der Waals surface area contributed by atoms with Crippen LogP contribution >= 0.6 is 0 Å². The second-order valence-electron chi connectivity index (χ2n) is 3.58. The predicted octanol–water partition coefficient (Wildman–Crippen LogP) is 1.47. The minimum absolute atomic E-state index is 0.463. The number of aliphatic hydroxyl groups is 1. The van der Waals surface area contributed by atoms with Gasteiger partial charge < -0.3 is 20.3 Å². The number of rotatable bonds is 5. The maximum Gasteiger partial charge on any atom is 0.165 e. The zero-order chi connectivity index (χ0) is 12.1. The molecule has 90 valence electrons. The molecule has 16 heavy (non-hydrogen) atoms. The molecule has 0 radical (unpaired) electrons. The summed E-state index contributed by atoms with van der Waals surface area (Å²) < 4.78 is 10.4. The third kappa shape index (κ3) is 2.46. The highest BCUT2D eigenvalue weighted by Crippen LogP contribution is 2.35. The van der Waals surface area contributed by atoms with Gasteiger partial charge in [-0.15, -0.1) is 0 Å². The highest BCUT2D eigenvalue weighted by atomic mass is 16.5. The molecule has 0 heterocycles. The van der Waals surface area contributed by atoms with Crippen LogP contribution in [0, 0.1) is 0 Å². The number of hydrogen-bond donors (Lipinski definition) is 2. The minimum Gasteiger partial charge on any atom is -0.493 e. The van der Waals surface area contributed by atoms with Crippen LogP contribution in [0.25, 0.3) is 0 Å². The second-order valence-corrected chi connectivity index (χ2v) is 3.58. The van der Waals surface area contributed by atoms with Crippen molar-refractivity contribution in [3.8, 4) is 11.5 Å². The molecule has 1 rings (SSSR count). The quantitative estimate of drug-likeness (QED) is 0.796. The molecule has 0 aliphatic rings. The van der Waals surface area contributed by atoms with Crippen LogP contribution in [0.2, 0.25) is 0 Å². The number of aliphatic hydroxyl groups excluding tert-OH is 1. The molecule has 3 N–H and O–H groups in total. The van der Waals surface area contributed by atoms with E-state index in [1.54, 1.807) is 20.3 Å². The van der Waals surface area contributed by atoms with Crippen LogP contribution in [0.3, 0.4) is 0 Å². The first-order valence-electron chi connectivity index (χ1n) is 5.30. The fraction of sp³-hybridized carbons (Fsp3) is 0.500. The van der Waals surface area contributed by atoms with Gasteiger partial charge in [0.05, 0.1) is 26.4 Å². The first-order chi connectivity index (χ1) is 7.65. The molecular weight excluding hydrogens is 206 g/mol. The first-order valence-corrected chi connectivity index (χ1v) is 5.30. The topological polar surface area (TPSA) is 64.7 Å². The summed E-state index contributed by atoms with van der Waals surface area (Å²) in [5.74, 6) is 1.21. The number of methoxy groups -OCH3 is 2. The normalized spacial score (nSPS) is 14.3. The Kier molecular flexibility index (Phi) is 4.58. The molecule has 0 unspecified atom stereocenters. The van der Waals surface area contributed by atoms with Crippen molar-refractivity contribution in [2.45, 2.75) is 25.5 Å². The number of benzene rings is 1. The van der Waals surface area contributed by atoms with Gasteiger partial charge in [-0.2, -0.15) is 0 Å². The van der Waals surface area contributed by atoms with E-state index in [2.05, 4.69) is 0 Å². The number of hydrogen-bond acceptors (Lipinski definition) is 4. The Morgan fingerprint density at radius 3 is 2.50 bits per heavy atom. The summed E-state index contributed by atoms with van der Waals surface area (Å²) in [6.45, 7) is 1.89. The lowest BCUT2D eigenvalue weighted by molar-refractivity contribution is 0.139. The monoisotopic (exact) mass is 225 g/mol. The lowest BCUT2D eigenvalue weighted by Gasteiger charge is -2.21. The Balaban J connectivity index is 3.12. The Morgan fingerprint density at radius 2 is 2.00 bits per heavy atom. The molecule has 4 nitrogen and oxygen atoms in total. The van der Waals surface area contributed by atoms with E-state index in [1.165, 1.54) is 0 Å². The average molecular weight is 225 g/mol. The van der Waals surface area contributed by atoms with Crippen molar-refractivity contribution in [3.63, 3.8) is 0 Å². The zero-order valence-corrected chi connectivity index (χ0v) is 9.93. The lowest BCUT2D eigenvalue weighted by Crippen LogP contribution is -2.25. The van der Waals surface area contributed by atoms with Crippen LogP contribution in [0.1, 0.15) is 24.9 Å². The maximum atomic E-state index is 9.74. The number of nitrogens with two attached hydrogens (primary N) is 1. The van der Waals surface area contributed by atoms with Crippen molar-refractivity contribution in [2.75, 3.05) is 14.2 Å². The standard InChI is InChI=1S/C12H19NO3/c1-4-9(14)11(13)8-6-5-7-10(15-2)12(8)16-3/h5-7,9,11,14H,4,13H2,1-3H3/t9-,11+/m0/s1. The van der Waals surface area contributed by atoms with Crippen LogP contribution in [-0.4, -0.2) is 25.4 Å². The van der Waals surface area contributed by atoms with Gasteiger partial charge in [0.1, 0.15) is 0 Å². The summed E-state index contributed by atoms with van der Waals surface area (Å²) in [7, 11) is 3.13. The molecule has 0 fully saturated rings. The predicted molar refractivity (Wildman–Crippen MR) is 62.8 cm³/mol. The molecule has 1 aromatic rings. The van der Waals surface area contributed by atoms with Crippen LogP contribution in [0.4, 0.5) is 0 Å². The van der Waals surface area contributed by atoms with Gasteiger partial charge in [0.25, 0.3) is 0 Å². The summed E-state index contributed by atoms with van der Waals surface area (Å²) in [6.07, 6.45) is 0.0163. The van der Waals surface area contributed by atoms with Crippen molar-refractivity contribution in [1.29, 1.82) is 0 Å². The van der Waals surface area contributed by atoms with Crippen molar-refractivity contribution in [3.05, 3.63) is 23.8 Å². The zero-order valence-electron chi connectivity index (χ0n) is 9.93. The molecule has 0 aliphatic carbocycles. The Hall–Kier alpha value is -1.26. The van der Waals surface area contributed by atoms with E-state index in [1.807, 2.05) is 19.1 Å². The molecule has 0 amide bonds. The molecule has 0 saturated heterocycles. The molecular formula is C12H19NO3. The van der Waals surface area contributed by atoms with Gasteiger partial charge >= 0.3 is 0 Å². The van der Waals surface area contributed by atoms with Crippen molar-refractivity contribution in [2.24, 2.45) is 5.73 Å². The van der Waals surface area contributed by atoms with Gasteiger partial charge in [0.15, 0.2) is 11.5 Å². The fourth-order valence-corrected chi connectivity index (χ4v) is 1.64. The van der Waals surface area contributed by atoms with E-state index in [-0.39, 0.29) is 0 Å². The van der Waals surface area contributed by atoms with Crippen molar-refractivity contribution in [1.82, 2.24) is 0 Å². The molecule has 0 aliphatic heterocycles. The van der Waals surface area contributed by atoms with E-state index in [0.29, 0.717) is 17.9 Å². The summed E-state index contributed by atoms with van der Waals surface area (Å²) in [4.78, 5) is 0. The lowest BCUT2D eigenvalue weighted by atomic mass is 9.99. The van der Waals surface area contributed by atoms with Gasteiger partial charge in [-0.3, -0.25) is 0 Å². The SMILES string of the molecule is CC[C@H](O)[C@H](N)c1cccc(OC)c1OC. The van der Waals surface area contributed by atoms with Gasteiger partial charge in [-0.25, -0.2) is 0 Å². The first kappa shape index (κ1) is 12.8. The Morgan fingerprint density at radius 1 is 1.31 bits per heavy atom. The van der Waals surface area contributed by atoms with E-state index >= 15 is 0 Å².